The maximum absolute atomic E-state index is 13.9. The maximum Gasteiger partial charge on any atom is 0.250 e. The number of hydrogen-bond donors (Lipinski definition) is 1. The molecule has 0 aliphatic rings. The van der Waals surface area contributed by atoms with Crippen LogP contribution in [0, 0.1) is 11.6 Å². The van der Waals surface area contributed by atoms with Gasteiger partial charge in [-0.25, -0.2) is 17.2 Å². The zero-order chi connectivity index (χ0) is 22.8. The number of aromatic nitrogens is 1. The van der Waals surface area contributed by atoms with Gasteiger partial charge >= 0.3 is 0 Å². The van der Waals surface area contributed by atoms with E-state index in [2.05, 4.69) is 5.16 Å². The van der Waals surface area contributed by atoms with Crippen LogP contribution in [0.4, 0.5) is 8.78 Å². The van der Waals surface area contributed by atoms with Gasteiger partial charge in [0.15, 0.2) is 9.84 Å². The summed E-state index contributed by atoms with van der Waals surface area (Å²) in [7, 11) is -1.87. The molecule has 1 heterocycles. The first-order chi connectivity index (χ1) is 14.6. The summed E-state index contributed by atoms with van der Waals surface area (Å²) in [6, 6.07) is 11.8. The number of hydrogen-bond acceptors (Lipinski definition) is 5. The Morgan fingerprint density at radius 1 is 1.03 bits per heavy atom. The van der Waals surface area contributed by atoms with Gasteiger partial charge in [0.2, 0.25) is 5.56 Å². The molecule has 0 saturated heterocycles. The molecule has 0 spiro atoms. The highest BCUT2D eigenvalue weighted by Crippen LogP contribution is 2.31. The SMILES string of the molecule is Cn1cc(/C(CC(c2ccc(S(C)(=O)=O)cc2)c2cc(F)cc(F)c2)=N\O)ccc1=O. The second kappa shape index (κ2) is 8.81. The third-order valence-corrected chi connectivity index (χ3v) is 6.06. The zero-order valence-electron chi connectivity index (χ0n) is 16.8. The summed E-state index contributed by atoms with van der Waals surface area (Å²) in [6.45, 7) is 0. The van der Waals surface area contributed by atoms with Crippen LogP contribution in [0.3, 0.4) is 0 Å². The van der Waals surface area contributed by atoms with Crippen molar-refractivity contribution in [2.75, 3.05) is 6.26 Å². The van der Waals surface area contributed by atoms with Gasteiger partial charge in [-0.1, -0.05) is 17.3 Å². The minimum absolute atomic E-state index is 0.0375. The van der Waals surface area contributed by atoms with Gasteiger partial charge in [0.05, 0.1) is 10.6 Å². The highest BCUT2D eigenvalue weighted by atomic mass is 32.2. The van der Waals surface area contributed by atoms with Gasteiger partial charge in [0, 0.05) is 49.5 Å². The van der Waals surface area contributed by atoms with E-state index in [0.29, 0.717) is 11.1 Å². The number of halogens is 2. The lowest BCUT2D eigenvalue weighted by molar-refractivity contribution is 0.317. The molecule has 31 heavy (non-hydrogen) atoms. The molecule has 9 heteroatoms. The quantitative estimate of drug-likeness (QED) is 0.357. The van der Waals surface area contributed by atoms with E-state index in [9.17, 15) is 27.2 Å². The van der Waals surface area contributed by atoms with Gasteiger partial charge in [-0.3, -0.25) is 4.79 Å². The molecule has 6 nitrogen and oxygen atoms in total. The molecule has 162 valence electrons. The van der Waals surface area contributed by atoms with E-state index in [1.54, 1.807) is 19.2 Å². The summed E-state index contributed by atoms with van der Waals surface area (Å²) in [5.41, 5.74) is 1.26. The van der Waals surface area contributed by atoms with Crippen molar-refractivity contribution in [3.8, 4) is 0 Å². The molecule has 3 aromatic rings. The number of sulfone groups is 1. The molecular formula is C22H20F2N2O4S. The summed E-state index contributed by atoms with van der Waals surface area (Å²) in [6.07, 6.45) is 2.61. The van der Waals surface area contributed by atoms with Crippen LogP contribution in [0.25, 0.3) is 0 Å². The van der Waals surface area contributed by atoms with Crippen molar-refractivity contribution in [1.82, 2.24) is 4.57 Å². The smallest absolute Gasteiger partial charge is 0.250 e. The van der Waals surface area contributed by atoms with Crippen LogP contribution in [0.5, 0.6) is 0 Å². The van der Waals surface area contributed by atoms with E-state index < -0.39 is 27.4 Å². The molecule has 1 N–H and O–H groups in total. The molecule has 0 radical (unpaired) electrons. The number of nitrogens with zero attached hydrogens (tertiary/aromatic N) is 2. The first kappa shape index (κ1) is 22.4. The van der Waals surface area contributed by atoms with Crippen molar-refractivity contribution < 1.29 is 22.4 Å². The van der Waals surface area contributed by atoms with Crippen LogP contribution in [0.15, 0.2) is 75.6 Å². The molecule has 0 saturated carbocycles. The molecule has 0 fully saturated rings. The number of pyridine rings is 1. The Labute approximate surface area is 178 Å². The van der Waals surface area contributed by atoms with Gasteiger partial charge in [0.25, 0.3) is 0 Å². The van der Waals surface area contributed by atoms with E-state index in [1.807, 2.05) is 0 Å². The monoisotopic (exact) mass is 446 g/mol. The normalized spacial score (nSPS) is 13.2. The summed E-state index contributed by atoms with van der Waals surface area (Å²) in [5, 5.41) is 13.0. The topological polar surface area (TPSA) is 88.7 Å². The number of oxime groups is 1. The molecular weight excluding hydrogens is 426 g/mol. The molecule has 1 atom stereocenters. The molecule has 1 unspecified atom stereocenters. The average Bonchev–Trinajstić information content (AvgIpc) is 2.70. The number of benzene rings is 2. The van der Waals surface area contributed by atoms with Crippen LogP contribution >= 0.6 is 0 Å². The molecule has 0 aliphatic carbocycles. The van der Waals surface area contributed by atoms with Crippen molar-refractivity contribution in [2.24, 2.45) is 12.2 Å². The van der Waals surface area contributed by atoms with Crippen molar-refractivity contribution in [2.45, 2.75) is 17.2 Å². The Kier molecular flexibility index (Phi) is 6.35. The maximum atomic E-state index is 13.9. The summed E-state index contributed by atoms with van der Waals surface area (Å²) >= 11 is 0. The van der Waals surface area contributed by atoms with Crippen LogP contribution in [0.1, 0.15) is 29.0 Å². The lowest BCUT2D eigenvalue weighted by Gasteiger charge is -2.20. The summed E-state index contributed by atoms with van der Waals surface area (Å²) < 4.78 is 52.7. The largest absolute Gasteiger partial charge is 0.411 e. The van der Waals surface area contributed by atoms with Gasteiger partial charge < -0.3 is 9.77 Å². The summed E-state index contributed by atoms with van der Waals surface area (Å²) in [5.74, 6) is -2.18. The number of rotatable bonds is 6. The first-order valence-corrected chi connectivity index (χ1v) is 11.1. The second-order valence-corrected chi connectivity index (χ2v) is 9.23. The second-order valence-electron chi connectivity index (χ2n) is 7.21. The van der Waals surface area contributed by atoms with Crippen LogP contribution in [-0.4, -0.2) is 30.2 Å². The molecule has 0 aliphatic heterocycles. The van der Waals surface area contributed by atoms with E-state index in [-0.39, 0.29) is 28.2 Å². The third kappa shape index (κ3) is 5.24. The minimum atomic E-state index is -3.42. The summed E-state index contributed by atoms with van der Waals surface area (Å²) in [4.78, 5) is 11.8. The van der Waals surface area contributed by atoms with E-state index in [4.69, 9.17) is 0 Å². The van der Waals surface area contributed by atoms with Crippen molar-refractivity contribution in [3.63, 3.8) is 0 Å². The van der Waals surface area contributed by atoms with Crippen molar-refractivity contribution >= 4 is 15.5 Å². The zero-order valence-corrected chi connectivity index (χ0v) is 17.6. The highest BCUT2D eigenvalue weighted by Gasteiger charge is 2.21. The lowest BCUT2D eigenvalue weighted by Crippen LogP contribution is -2.18. The minimum Gasteiger partial charge on any atom is -0.411 e. The molecule has 1 aromatic heterocycles. The predicted molar refractivity (Wildman–Crippen MR) is 112 cm³/mol. The Morgan fingerprint density at radius 2 is 1.65 bits per heavy atom. The van der Waals surface area contributed by atoms with Crippen LogP contribution in [-0.2, 0) is 16.9 Å². The molecule has 2 aromatic carbocycles. The van der Waals surface area contributed by atoms with Gasteiger partial charge in [-0.2, -0.15) is 0 Å². The fourth-order valence-corrected chi connectivity index (χ4v) is 3.96. The van der Waals surface area contributed by atoms with E-state index in [1.165, 1.54) is 47.2 Å². The Hall–Kier alpha value is -3.33. The average molecular weight is 446 g/mol. The van der Waals surface area contributed by atoms with Gasteiger partial charge in [-0.05, 0) is 41.5 Å². The first-order valence-electron chi connectivity index (χ1n) is 9.22. The molecule has 3 rings (SSSR count). The fourth-order valence-electron chi connectivity index (χ4n) is 3.33. The van der Waals surface area contributed by atoms with E-state index >= 15 is 0 Å². The van der Waals surface area contributed by atoms with Crippen LogP contribution < -0.4 is 5.56 Å². The Balaban J connectivity index is 2.09. The van der Waals surface area contributed by atoms with Crippen molar-refractivity contribution in [3.05, 3.63) is 99.5 Å². The standard InChI is InChI=1S/C22H20F2N2O4S/c1-26-13-15(5-8-22(26)27)21(25-28)12-20(16-9-17(23)11-18(24)10-16)14-3-6-19(7-4-14)31(2,29)30/h3-11,13,20,28H,12H2,1-2H3/b25-21-. The molecule has 0 bridgehead atoms. The molecule has 0 amide bonds. The predicted octanol–water partition coefficient (Wildman–Crippen LogP) is 3.47. The van der Waals surface area contributed by atoms with Gasteiger partial charge in [0.1, 0.15) is 11.6 Å². The Bertz CT molecular complexity index is 1280. The fraction of sp³-hybridized carbons (Fsp3) is 0.182. The van der Waals surface area contributed by atoms with Crippen molar-refractivity contribution in [1.29, 1.82) is 0 Å². The van der Waals surface area contributed by atoms with E-state index in [0.717, 1.165) is 12.3 Å². The van der Waals surface area contributed by atoms with Crippen LogP contribution in [0.2, 0.25) is 0 Å². The number of aryl methyl sites for hydroxylation is 1. The third-order valence-electron chi connectivity index (χ3n) is 4.94. The lowest BCUT2D eigenvalue weighted by atomic mass is 9.85. The Morgan fingerprint density at radius 3 is 2.16 bits per heavy atom. The highest BCUT2D eigenvalue weighted by molar-refractivity contribution is 7.90. The van der Waals surface area contributed by atoms with Gasteiger partial charge in [-0.15, -0.1) is 0 Å².